The minimum absolute atomic E-state index is 0.0158. The number of rotatable bonds is 4. The first-order valence-corrected chi connectivity index (χ1v) is 9.37. The summed E-state index contributed by atoms with van der Waals surface area (Å²) in [6, 6.07) is 8.37. The maximum Gasteiger partial charge on any atom is 0.219 e. The molecule has 1 atom stereocenters. The van der Waals surface area contributed by atoms with Crippen molar-refractivity contribution in [2.45, 2.75) is 51.2 Å². The van der Waals surface area contributed by atoms with Crippen LogP contribution in [0.1, 0.15) is 38.2 Å². The molecule has 0 spiro atoms. The van der Waals surface area contributed by atoms with Crippen molar-refractivity contribution in [2.24, 2.45) is 0 Å². The lowest BCUT2D eigenvalue weighted by Crippen LogP contribution is -2.53. The number of carbonyl (C=O) groups excluding carboxylic acids is 1. The molecule has 1 amide bonds. The number of aliphatic hydroxyl groups is 1. The molecule has 1 aromatic carbocycles. The van der Waals surface area contributed by atoms with Crippen molar-refractivity contribution in [3.63, 3.8) is 0 Å². The molecule has 138 valence electrons. The SMILES string of the molecule is CC(=O)N1CCN(C2CCCC2)C[C@](O)(COc2ccc(C)cc2)C1. The van der Waals surface area contributed by atoms with E-state index < -0.39 is 5.60 Å². The van der Waals surface area contributed by atoms with E-state index >= 15 is 0 Å². The fourth-order valence-corrected chi connectivity index (χ4v) is 3.98. The van der Waals surface area contributed by atoms with Crippen molar-refractivity contribution in [1.29, 1.82) is 0 Å². The van der Waals surface area contributed by atoms with Gasteiger partial charge in [-0.15, -0.1) is 0 Å². The maximum absolute atomic E-state index is 11.9. The summed E-state index contributed by atoms with van der Waals surface area (Å²) >= 11 is 0. The Morgan fingerprint density at radius 2 is 1.88 bits per heavy atom. The van der Waals surface area contributed by atoms with Crippen molar-refractivity contribution in [2.75, 3.05) is 32.8 Å². The highest BCUT2D eigenvalue weighted by atomic mass is 16.5. The second kappa shape index (κ2) is 7.75. The van der Waals surface area contributed by atoms with Crippen LogP contribution in [0.2, 0.25) is 0 Å². The van der Waals surface area contributed by atoms with Crippen LogP contribution in [-0.2, 0) is 4.79 Å². The summed E-state index contributed by atoms with van der Waals surface area (Å²) in [6.45, 7) is 6.21. The minimum Gasteiger partial charge on any atom is -0.490 e. The first-order chi connectivity index (χ1) is 12.0. The fourth-order valence-electron chi connectivity index (χ4n) is 3.98. The summed E-state index contributed by atoms with van der Waals surface area (Å²) in [5, 5.41) is 11.3. The van der Waals surface area contributed by atoms with Crippen molar-refractivity contribution in [3.8, 4) is 5.75 Å². The lowest BCUT2D eigenvalue weighted by Gasteiger charge is -2.35. The number of nitrogens with zero attached hydrogens (tertiary/aromatic N) is 2. The van der Waals surface area contributed by atoms with Crippen molar-refractivity contribution >= 4 is 5.91 Å². The predicted molar refractivity (Wildman–Crippen MR) is 97.7 cm³/mol. The van der Waals surface area contributed by atoms with Crippen LogP contribution >= 0.6 is 0 Å². The number of benzene rings is 1. The van der Waals surface area contributed by atoms with Crippen LogP contribution in [0, 0.1) is 6.92 Å². The Morgan fingerprint density at radius 1 is 1.20 bits per heavy atom. The van der Waals surface area contributed by atoms with Gasteiger partial charge in [0.05, 0.1) is 6.54 Å². The van der Waals surface area contributed by atoms with Crippen LogP contribution in [0.25, 0.3) is 0 Å². The second-order valence-electron chi connectivity index (χ2n) is 7.68. The molecule has 1 saturated heterocycles. The molecule has 0 bridgehead atoms. The standard InChI is InChI=1S/C20H30N2O3/c1-16-7-9-19(10-8-16)25-15-20(24)13-21(17(2)23)11-12-22(14-20)18-5-3-4-6-18/h7-10,18,24H,3-6,11-15H2,1-2H3/t20-/m0/s1. The van der Waals surface area contributed by atoms with E-state index in [4.69, 9.17) is 4.74 Å². The summed E-state index contributed by atoms with van der Waals surface area (Å²) in [5.41, 5.74) is 0.131. The monoisotopic (exact) mass is 346 g/mol. The topological polar surface area (TPSA) is 53.0 Å². The van der Waals surface area contributed by atoms with Gasteiger partial charge in [-0.2, -0.15) is 0 Å². The smallest absolute Gasteiger partial charge is 0.219 e. The Balaban J connectivity index is 1.71. The lowest BCUT2D eigenvalue weighted by atomic mass is 10.0. The molecule has 5 heteroatoms. The molecule has 2 fully saturated rings. The summed E-state index contributed by atoms with van der Waals surface area (Å²) in [6.07, 6.45) is 4.90. The van der Waals surface area contributed by atoms with E-state index in [2.05, 4.69) is 4.90 Å². The molecule has 1 aromatic rings. The minimum atomic E-state index is -1.05. The quantitative estimate of drug-likeness (QED) is 0.908. The van der Waals surface area contributed by atoms with Gasteiger partial charge in [-0.05, 0) is 31.9 Å². The van der Waals surface area contributed by atoms with E-state index in [1.807, 2.05) is 31.2 Å². The van der Waals surface area contributed by atoms with Crippen molar-refractivity contribution < 1.29 is 14.6 Å². The Bertz CT molecular complexity index is 583. The van der Waals surface area contributed by atoms with Crippen molar-refractivity contribution in [3.05, 3.63) is 29.8 Å². The number of ether oxygens (including phenoxy) is 1. The van der Waals surface area contributed by atoms with Gasteiger partial charge in [-0.25, -0.2) is 0 Å². The van der Waals surface area contributed by atoms with Crippen LogP contribution in [0.15, 0.2) is 24.3 Å². The molecule has 25 heavy (non-hydrogen) atoms. The van der Waals surface area contributed by atoms with Gasteiger partial charge < -0.3 is 14.7 Å². The highest BCUT2D eigenvalue weighted by Gasteiger charge is 2.39. The van der Waals surface area contributed by atoms with E-state index in [0.717, 1.165) is 12.3 Å². The first kappa shape index (κ1) is 18.2. The number of aryl methyl sites for hydroxylation is 1. The van der Waals surface area contributed by atoms with Gasteiger partial charge in [-0.1, -0.05) is 30.5 Å². The lowest BCUT2D eigenvalue weighted by molar-refractivity contribution is -0.132. The number of β-amino-alcohol motifs (C(OH)–C–C–N with tert-alkyl or cyclic N) is 1. The average Bonchev–Trinajstić information content (AvgIpc) is 3.05. The Hall–Kier alpha value is -1.59. The Morgan fingerprint density at radius 3 is 2.52 bits per heavy atom. The van der Waals surface area contributed by atoms with Gasteiger partial charge in [0, 0.05) is 32.6 Å². The van der Waals surface area contributed by atoms with Crippen LogP contribution in [0.3, 0.4) is 0 Å². The summed E-state index contributed by atoms with van der Waals surface area (Å²) in [7, 11) is 0. The van der Waals surface area contributed by atoms with Gasteiger partial charge in [-0.3, -0.25) is 9.69 Å². The van der Waals surface area contributed by atoms with Gasteiger partial charge in [0.2, 0.25) is 5.91 Å². The Labute approximate surface area is 150 Å². The van der Waals surface area contributed by atoms with Crippen LogP contribution < -0.4 is 4.74 Å². The number of amides is 1. The molecule has 0 aromatic heterocycles. The average molecular weight is 346 g/mol. The second-order valence-corrected chi connectivity index (χ2v) is 7.68. The van der Waals surface area contributed by atoms with Gasteiger partial charge in [0.25, 0.3) is 0 Å². The summed E-state index contributed by atoms with van der Waals surface area (Å²) in [4.78, 5) is 16.1. The molecule has 2 aliphatic rings. The van der Waals surface area contributed by atoms with Crippen LogP contribution in [-0.4, -0.2) is 65.2 Å². The van der Waals surface area contributed by atoms with Gasteiger partial charge >= 0.3 is 0 Å². The van der Waals surface area contributed by atoms with E-state index in [-0.39, 0.29) is 12.5 Å². The molecular formula is C20H30N2O3. The first-order valence-electron chi connectivity index (χ1n) is 9.37. The zero-order chi connectivity index (χ0) is 17.9. The molecule has 1 saturated carbocycles. The Kier molecular flexibility index (Phi) is 5.64. The number of hydrogen-bond donors (Lipinski definition) is 1. The highest BCUT2D eigenvalue weighted by Crippen LogP contribution is 2.27. The maximum atomic E-state index is 11.9. The van der Waals surface area contributed by atoms with E-state index in [1.165, 1.54) is 31.2 Å². The molecule has 1 heterocycles. The third-order valence-corrected chi connectivity index (χ3v) is 5.45. The molecule has 0 radical (unpaired) electrons. The van der Waals surface area contributed by atoms with Crippen LogP contribution in [0.5, 0.6) is 5.75 Å². The third-order valence-electron chi connectivity index (χ3n) is 5.45. The normalized spacial score (nSPS) is 25.8. The summed E-state index contributed by atoms with van der Waals surface area (Å²) in [5.74, 6) is 0.770. The van der Waals surface area contributed by atoms with E-state index in [0.29, 0.717) is 25.7 Å². The zero-order valence-electron chi connectivity index (χ0n) is 15.4. The highest BCUT2D eigenvalue weighted by molar-refractivity contribution is 5.73. The van der Waals surface area contributed by atoms with Crippen LogP contribution in [0.4, 0.5) is 0 Å². The number of carbonyl (C=O) groups is 1. The number of hydrogen-bond acceptors (Lipinski definition) is 4. The molecule has 3 rings (SSSR count). The molecule has 0 unspecified atom stereocenters. The van der Waals surface area contributed by atoms with Gasteiger partial charge in [0.15, 0.2) is 0 Å². The molecule has 1 N–H and O–H groups in total. The van der Waals surface area contributed by atoms with Crippen molar-refractivity contribution in [1.82, 2.24) is 9.80 Å². The predicted octanol–water partition coefficient (Wildman–Crippen LogP) is 2.21. The van der Waals surface area contributed by atoms with E-state index in [9.17, 15) is 9.90 Å². The van der Waals surface area contributed by atoms with Gasteiger partial charge in [0.1, 0.15) is 18.0 Å². The molecule has 5 nitrogen and oxygen atoms in total. The summed E-state index contributed by atoms with van der Waals surface area (Å²) < 4.78 is 5.88. The van der Waals surface area contributed by atoms with E-state index in [1.54, 1.807) is 11.8 Å². The molecule has 1 aliphatic heterocycles. The third kappa shape index (κ3) is 4.73. The molecule has 1 aliphatic carbocycles. The fraction of sp³-hybridized carbons (Fsp3) is 0.650. The molecular weight excluding hydrogens is 316 g/mol. The zero-order valence-corrected chi connectivity index (χ0v) is 15.4. The largest absolute Gasteiger partial charge is 0.490 e.